The van der Waals surface area contributed by atoms with Crippen LogP contribution in [-0.2, 0) is 30.3 Å². The Balaban J connectivity index is 1.73. The molecule has 0 saturated carbocycles. The maximum Gasteiger partial charge on any atom is 0.513 e. The van der Waals surface area contributed by atoms with Crippen molar-refractivity contribution in [3.8, 4) is 22.6 Å². The molecule has 12 nitrogen and oxygen atoms in total. The van der Waals surface area contributed by atoms with Gasteiger partial charge in [0.15, 0.2) is 18.1 Å². The number of rotatable bonds is 9. The van der Waals surface area contributed by atoms with Gasteiger partial charge in [0.2, 0.25) is 5.91 Å². The van der Waals surface area contributed by atoms with Crippen molar-refractivity contribution in [2.75, 3.05) is 38.6 Å². The van der Waals surface area contributed by atoms with Crippen LogP contribution >= 0.6 is 0 Å². The highest BCUT2D eigenvalue weighted by atomic mass is 16.7. The first kappa shape index (κ1) is 27.5. The Hall–Kier alpha value is -4.06. The van der Waals surface area contributed by atoms with Gasteiger partial charge < -0.3 is 29.6 Å². The fourth-order valence-electron chi connectivity index (χ4n) is 3.84. The van der Waals surface area contributed by atoms with E-state index in [0.717, 1.165) is 19.3 Å². The van der Waals surface area contributed by atoms with Crippen LogP contribution < -0.4 is 20.7 Å². The predicted octanol–water partition coefficient (Wildman–Crippen LogP) is 3.05. The Labute approximate surface area is 214 Å². The quantitative estimate of drug-likeness (QED) is 0.374. The van der Waals surface area contributed by atoms with Crippen LogP contribution in [0.25, 0.3) is 11.1 Å². The van der Waals surface area contributed by atoms with Crippen LogP contribution in [0.1, 0.15) is 38.7 Å². The van der Waals surface area contributed by atoms with E-state index >= 15 is 0 Å². The number of nitrogens with one attached hydrogen (secondary N) is 1. The average molecular weight is 518 g/mol. The molecule has 1 aliphatic heterocycles. The van der Waals surface area contributed by atoms with Crippen LogP contribution in [0.15, 0.2) is 24.3 Å². The van der Waals surface area contributed by atoms with Crippen molar-refractivity contribution in [2.24, 2.45) is 0 Å². The van der Waals surface area contributed by atoms with Crippen molar-refractivity contribution in [3.05, 3.63) is 29.8 Å². The Kier molecular flexibility index (Phi) is 9.90. The van der Waals surface area contributed by atoms with E-state index in [1.165, 1.54) is 0 Å². The van der Waals surface area contributed by atoms with E-state index < -0.39 is 18.2 Å². The molecule has 2 aliphatic carbocycles. The molecule has 0 bridgehead atoms. The third-order valence-electron chi connectivity index (χ3n) is 5.55. The highest BCUT2D eigenvalue weighted by molar-refractivity contribution is 5.95. The number of carbonyl (C=O) groups excluding carboxylic acids is 4. The van der Waals surface area contributed by atoms with Crippen LogP contribution in [0.2, 0.25) is 0 Å². The van der Waals surface area contributed by atoms with E-state index in [9.17, 15) is 19.2 Å². The molecule has 3 rings (SSSR count). The van der Waals surface area contributed by atoms with E-state index in [1.54, 1.807) is 43.0 Å². The minimum atomic E-state index is -0.980. The van der Waals surface area contributed by atoms with Gasteiger partial charge in [-0.1, -0.05) is 24.3 Å². The molecule has 3 N–H and O–H groups in total. The molecular formula is C25H31N3O9. The number of piperidine rings is 1. The summed E-state index contributed by atoms with van der Waals surface area (Å²) in [6, 6.07) is 6.38. The zero-order valence-corrected chi connectivity index (χ0v) is 20.9. The van der Waals surface area contributed by atoms with Gasteiger partial charge in [0, 0.05) is 24.2 Å². The maximum absolute atomic E-state index is 12.4. The van der Waals surface area contributed by atoms with E-state index in [1.807, 2.05) is 0 Å². The standard InChI is InChI=1S/C25H31N3O9/c1-3-33-24(31)36-22-17-10-8-16(9-11-18(17)23(21(22)26)37-25(32)34-4-2)14-19(29)27-35-15-20(30)28-12-6-5-7-13-28/h8-11H,3-7,12-15,26H2,1-2H3,(H,27,29). The molecule has 200 valence electrons. The van der Waals surface area contributed by atoms with Gasteiger partial charge in [-0.2, -0.15) is 0 Å². The minimum absolute atomic E-state index is 0.0566. The molecule has 0 radical (unpaired) electrons. The Bertz CT molecular complexity index is 1040. The average Bonchev–Trinajstić information content (AvgIpc) is 2.99. The minimum Gasteiger partial charge on any atom is -0.434 e. The molecule has 0 aromatic rings. The molecule has 1 heterocycles. The molecular weight excluding hydrogens is 486 g/mol. The monoisotopic (exact) mass is 517 g/mol. The first-order valence-electron chi connectivity index (χ1n) is 12.1. The van der Waals surface area contributed by atoms with Gasteiger partial charge in [0.25, 0.3) is 5.91 Å². The third kappa shape index (κ3) is 7.46. The first-order valence-corrected chi connectivity index (χ1v) is 12.1. The molecule has 0 atom stereocenters. The van der Waals surface area contributed by atoms with Crippen LogP contribution in [0.4, 0.5) is 15.3 Å². The number of fused-ring (bicyclic) bond motifs is 1. The number of hydrogen-bond acceptors (Lipinski definition) is 10. The van der Waals surface area contributed by atoms with Gasteiger partial charge in [-0.05, 0) is 38.7 Å². The van der Waals surface area contributed by atoms with E-state index in [2.05, 4.69) is 5.48 Å². The molecule has 0 aromatic carbocycles. The number of likely N-dealkylation sites (tertiary alicyclic amines) is 1. The first-order chi connectivity index (χ1) is 17.8. The number of hydroxylamine groups is 1. The topological polar surface area (TPSA) is 156 Å². The molecule has 3 aliphatic rings. The summed E-state index contributed by atoms with van der Waals surface area (Å²) in [5.74, 6) is -0.758. The summed E-state index contributed by atoms with van der Waals surface area (Å²) in [4.78, 5) is 55.3. The fraction of sp³-hybridized carbons (Fsp3) is 0.440. The molecule has 0 spiro atoms. The Morgan fingerprint density at radius 1 is 0.865 bits per heavy atom. The zero-order chi connectivity index (χ0) is 26.8. The van der Waals surface area contributed by atoms with Crippen molar-refractivity contribution < 1.29 is 43.0 Å². The predicted molar refractivity (Wildman–Crippen MR) is 131 cm³/mol. The molecule has 1 fully saturated rings. The summed E-state index contributed by atoms with van der Waals surface area (Å²) < 4.78 is 20.2. The maximum atomic E-state index is 12.4. The highest BCUT2D eigenvalue weighted by Gasteiger charge is 2.28. The van der Waals surface area contributed by atoms with Crippen molar-refractivity contribution >= 4 is 29.8 Å². The smallest absolute Gasteiger partial charge is 0.434 e. The van der Waals surface area contributed by atoms with Gasteiger partial charge in [0.1, 0.15) is 5.69 Å². The lowest BCUT2D eigenvalue weighted by atomic mass is 10.1. The van der Waals surface area contributed by atoms with Crippen molar-refractivity contribution in [1.82, 2.24) is 10.4 Å². The van der Waals surface area contributed by atoms with E-state index in [4.69, 9.17) is 29.5 Å². The molecule has 2 amide bonds. The second-order valence-electron chi connectivity index (χ2n) is 8.14. The van der Waals surface area contributed by atoms with Crippen LogP contribution in [0, 0.1) is 0 Å². The second-order valence-corrected chi connectivity index (χ2v) is 8.14. The van der Waals surface area contributed by atoms with Gasteiger partial charge in [0.05, 0.1) is 19.6 Å². The van der Waals surface area contributed by atoms with Crippen molar-refractivity contribution in [1.29, 1.82) is 0 Å². The lowest BCUT2D eigenvalue weighted by molar-refractivity contribution is -0.145. The number of ether oxygens (including phenoxy) is 4. The zero-order valence-electron chi connectivity index (χ0n) is 20.9. The number of nitrogen functional groups attached to an aromatic ring is 1. The van der Waals surface area contributed by atoms with E-state index in [0.29, 0.717) is 29.8 Å². The summed E-state index contributed by atoms with van der Waals surface area (Å²) in [5, 5.41) is 0. The van der Waals surface area contributed by atoms with Crippen LogP contribution in [0.3, 0.4) is 0 Å². The second kappa shape index (κ2) is 13.3. The Morgan fingerprint density at radius 3 is 1.92 bits per heavy atom. The molecule has 1 saturated heterocycles. The number of carbonyl (C=O) groups is 4. The highest BCUT2D eigenvalue weighted by Crippen LogP contribution is 2.50. The number of nitrogens with two attached hydrogens (primary N) is 1. The number of anilines is 1. The molecule has 0 unspecified atom stereocenters. The summed E-state index contributed by atoms with van der Waals surface area (Å²) in [5.41, 5.74) is 9.56. The fourth-order valence-corrected chi connectivity index (χ4v) is 3.84. The van der Waals surface area contributed by atoms with Crippen LogP contribution in [0.5, 0.6) is 11.5 Å². The summed E-state index contributed by atoms with van der Waals surface area (Å²) in [6.45, 7) is 4.55. The lowest BCUT2D eigenvalue weighted by Crippen LogP contribution is -2.40. The normalized spacial score (nSPS) is 13.1. The number of amides is 2. The number of nitrogens with zero attached hydrogens (tertiary/aromatic N) is 1. The lowest BCUT2D eigenvalue weighted by Gasteiger charge is -2.26. The van der Waals surface area contributed by atoms with Crippen molar-refractivity contribution in [2.45, 2.75) is 39.5 Å². The van der Waals surface area contributed by atoms with Gasteiger partial charge in [-0.15, -0.1) is 0 Å². The van der Waals surface area contributed by atoms with Gasteiger partial charge in [-0.3, -0.25) is 14.4 Å². The SMILES string of the molecule is CCOC(=O)Oc1c2ccc(CC(=O)NOCC(=O)N3CCCCC3)ccc-2c(OC(=O)OCC)c1N. The summed E-state index contributed by atoms with van der Waals surface area (Å²) in [6.07, 6.45) is 0.992. The summed E-state index contributed by atoms with van der Waals surface area (Å²) in [7, 11) is 0. The summed E-state index contributed by atoms with van der Waals surface area (Å²) >= 11 is 0. The molecule has 0 aromatic heterocycles. The van der Waals surface area contributed by atoms with E-state index in [-0.39, 0.29) is 49.3 Å². The molecule has 37 heavy (non-hydrogen) atoms. The molecule has 12 heteroatoms. The largest absolute Gasteiger partial charge is 0.513 e. The third-order valence-corrected chi connectivity index (χ3v) is 5.55. The van der Waals surface area contributed by atoms with Gasteiger partial charge >= 0.3 is 12.3 Å². The number of hydrogen-bond donors (Lipinski definition) is 2. The van der Waals surface area contributed by atoms with Gasteiger partial charge in [-0.25, -0.2) is 15.1 Å². The van der Waals surface area contributed by atoms with Crippen molar-refractivity contribution in [3.63, 3.8) is 0 Å². The Morgan fingerprint density at radius 2 is 1.41 bits per heavy atom. The van der Waals surface area contributed by atoms with Crippen LogP contribution in [-0.4, -0.2) is 61.9 Å².